The minimum Gasteiger partial charge on any atom is -0.491 e. The van der Waals surface area contributed by atoms with E-state index < -0.39 is 0 Å². The van der Waals surface area contributed by atoms with E-state index in [1.807, 2.05) is 13.8 Å². The largest absolute Gasteiger partial charge is 0.491 e. The number of rotatable bonds is 6. The number of ether oxygens (including phenoxy) is 2. The molecule has 3 nitrogen and oxygen atoms in total. The molecule has 0 atom stereocenters. The maximum absolute atomic E-state index is 13.0. The number of hydrogen-bond acceptors (Lipinski definition) is 3. The second kappa shape index (κ2) is 6.91. The Morgan fingerprint density at radius 2 is 1.88 bits per heavy atom. The van der Waals surface area contributed by atoms with Gasteiger partial charge in [0.2, 0.25) is 0 Å². The van der Waals surface area contributed by atoms with Crippen LogP contribution in [0.1, 0.15) is 13.8 Å². The fourth-order valence-electron chi connectivity index (χ4n) is 1.23. The van der Waals surface area contributed by atoms with Gasteiger partial charge in [-0.3, -0.25) is 0 Å². The van der Waals surface area contributed by atoms with Gasteiger partial charge in [-0.15, -0.1) is 0 Å². The number of benzene rings is 1. The minimum absolute atomic E-state index is 0.0957. The van der Waals surface area contributed by atoms with Crippen molar-refractivity contribution in [2.75, 3.05) is 13.2 Å². The van der Waals surface area contributed by atoms with E-state index in [1.54, 1.807) is 24.3 Å². The first-order valence-corrected chi connectivity index (χ1v) is 5.56. The molecule has 0 aliphatic heterocycles. The predicted molar refractivity (Wildman–Crippen MR) is 65.9 cm³/mol. The molecule has 1 rings (SSSR count). The Bertz CT molecular complexity index is 360. The van der Waals surface area contributed by atoms with E-state index >= 15 is 0 Å². The van der Waals surface area contributed by atoms with Crippen molar-refractivity contribution in [2.24, 2.45) is 5.73 Å². The van der Waals surface area contributed by atoms with Gasteiger partial charge in [0.25, 0.3) is 0 Å². The third-order valence-electron chi connectivity index (χ3n) is 1.91. The lowest BCUT2D eigenvalue weighted by molar-refractivity contribution is 0.241. The van der Waals surface area contributed by atoms with E-state index in [-0.39, 0.29) is 25.1 Å². The van der Waals surface area contributed by atoms with Gasteiger partial charge in [0.15, 0.2) is 0 Å². The molecule has 17 heavy (non-hydrogen) atoms. The third-order valence-corrected chi connectivity index (χ3v) is 1.91. The lowest BCUT2D eigenvalue weighted by Crippen LogP contribution is -2.05. The van der Waals surface area contributed by atoms with Gasteiger partial charge < -0.3 is 15.2 Å². The van der Waals surface area contributed by atoms with Gasteiger partial charge in [-0.25, -0.2) is 4.39 Å². The van der Waals surface area contributed by atoms with Crippen molar-refractivity contribution < 1.29 is 13.9 Å². The highest BCUT2D eigenvalue weighted by molar-refractivity contribution is 5.31. The monoisotopic (exact) mass is 239 g/mol. The summed E-state index contributed by atoms with van der Waals surface area (Å²) in [6.07, 6.45) is 1.42. The maximum Gasteiger partial charge on any atom is 0.139 e. The topological polar surface area (TPSA) is 44.5 Å². The standard InChI is InChI=1S/C13H18FNO2/c1-10(2)17-13-5-3-12(4-6-13)16-9-11(14)7-8-15/h3-7,10H,8-9,15H2,1-2H3/b11-7-. The highest BCUT2D eigenvalue weighted by Crippen LogP contribution is 2.19. The normalized spacial score (nSPS) is 11.7. The van der Waals surface area contributed by atoms with E-state index in [0.717, 1.165) is 5.75 Å². The van der Waals surface area contributed by atoms with E-state index in [4.69, 9.17) is 15.2 Å². The van der Waals surface area contributed by atoms with E-state index in [1.165, 1.54) is 6.08 Å². The summed E-state index contributed by atoms with van der Waals surface area (Å²) < 4.78 is 23.7. The smallest absolute Gasteiger partial charge is 0.139 e. The molecule has 94 valence electrons. The van der Waals surface area contributed by atoms with Crippen LogP contribution in [-0.2, 0) is 0 Å². The summed E-state index contributed by atoms with van der Waals surface area (Å²) in [7, 11) is 0. The molecular weight excluding hydrogens is 221 g/mol. The van der Waals surface area contributed by atoms with Gasteiger partial charge in [-0.05, 0) is 44.2 Å². The zero-order chi connectivity index (χ0) is 12.7. The zero-order valence-corrected chi connectivity index (χ0v) is 10.2. The molecule has 1 aromatic rings. The summed E-state index contributed by atoms with van der Waals surface area (Å²) in [5.74, 6) is 1.00. The highest BCUT2D eigenvalue weighted by Gasteiger charge is 2.00. The molecule has 0 heterocycles. The quantitative estimate of drug-likeness (QED) is 0.830. The van der Waals surface area contributed by atoms with Gasteiger partial charge in [0.05, 0.1) is 6.10 Å². The van der Waals surface area contributed by atoms with Crippen LogP contribution in [-0.4, -0.2) is 19.3 Å². The van der Waals surface area contributed by atoms with Crippen LogP contribution < -0.4 is 15.2 Å². The fourth-order valence-corrected chi connectivity index (χ4v) is 1.23. The molecule has 0 saturated carbocycles. The van der Waals surface area contributed by atoms with Crippen LogP contribution in [0.2, 0.25) is 0 Å². The molecule has 0 aromatic heterocycles. The van der Waals surface area contributed by atoms with Crippen molar-refractivity contribution in [3.8, 4) is 11.5 Å². The molecule has 4 heteroatoms. The Hall–Kier alpha value is -1.55. The molecule has 1 aromatic carbocycles. The van der Waals surface area contributed by atoms with Gasteiger partial charge in [-0.2, -0.15) is 0 Å². The van der Waals surface area contributed by atoms with Crippen LogP contribution in [0.3, 0.4) is 0 Å². The second-order valence-electron chi connectivity index (χ2n) is 3.81. The summed E-state index contributed by atoms with van der Waals surface area (Å²) in [6.45, 7) is 3.99. The van der Waals surface area contributed by atoms with Crippen LogP contribution in [0.15, 0.2) is 36.2 Å². The summed E-state index contributed by atoms with van der Waals surface area (Å²) in [5, 5.41) is 0. The van der Waals surface area contributed by atoms with Crippen molar-refractivity contribution in [1.29, 1.82) is 0 Å². The summed E-state index contributed by atoms with van der Waals surface area (Å²) in [5.41, 5.74) is 5.18. The van der Waals surface area contributed by atoms with Crippen LogP contribution in [0.5, 0.6) is 11.5 Å². The van der Waals surface area contributed by atoms with E-state index in [2.05, 4.69) is 0 Å². The molecule has 0 radical (unpaired) electrons. The first kappa shape index (κ1) is 13.5. The van der Waals surface area contributed by atoms with Crippen molar-refractivity contribution >= 4 is 0 Å². The van der Waals surface area contributed by atoms with Crippen molar-refractivity contribution in [3.05, 3.63) is 36.2 Å². The summed E-state index contributed by atoms with van der Waals surface area (Å²) in [6, 6.07) is 7.07. The summed E-state index contributed by atoms with van der Waals surface area (Å²) >= 11 is 0. The van der Waals surface area contributed by atoms with Crippen molar-refractivity contribution in [1.82, 2.24) is 0 Å². The highest BCUT2D eigenvalue weighted by atomic mass is 19.1. The first-order valence-electron chi connectivity index (χ1n) is 5.56. The maximum atomic E-state index is 13.0. The molecule has 0 aliphatic rings. The Morgan fingerprint density at radius 3 is 2.41 bits per heavy atom. The van der Waals surface area contributed by atoms with E-state index in [9.17, 15) is 4.39 Å². The number of hydrogen-bond donors (Lipinski definition) is 1. The van der Waals surface area contributed by atoms with Crippen LogP contribution in [0.25, 0.3) is 0 Å². The molecule has 0 spiro atoms. The van der Waals surface area contributed by atoms with Crippen LogP contribution in [0, 0.1) is 0 Å². The molecule has 0 unspecified atom stereocenters. The molecular formula is C13H18FNO2. The third kappa shape index (κ3) is 5.36. The second-order valence-corrected chi connectivity index (χ2v) is 3.81. The molecule has 2 N–H and O–H groups in total. The van der Waals surface area contributed by atoms with Crippen molar-refractivity contribution in [3.63, 3.8) is 0 Å². The van der Waals surface area contributed by atoms with Gasteiger partial charge in [0, 0.05) is 6.54 Å². The van der Waals surface area contributed by atoms with Crippen molar-refractivity contribution in [2.45, 2.75) is 20.0 Å². The van der Waals surface area contributed by atoms with Gasteiger partial charge >= 0.3 is 0 Å². The number of halogens is 1. The lowest BCUT2D eigenvalue weighted by atomic mass is 10.3. The summed E-state index contributed by atoms with van der Waals surface area (Å²) in [4.78, 5) is 0. The minimum atomic E-state index is -0.366. The molecule has 0 aliphatic carbocycles. The predicted octanol–water partition coefficient (Wildman–Crippen LogP) is 2.66. The SMILES string of the molecule is CC(C)Oc1ccc(OC/C(F)=C/CN)cc1. The Morgan fingerprint density at radius 1 is 1.29 bits per heavy atom. The zero-order valence-electron chi connectivity index (χ0n) is 10.2. The Labute approximate surface area is 101 Å². The average Bonchev–Trinajstić information content (AvgIpc) is 2.28. The lowest BCUT2D eigenvalue weighted by Gasteiger charge is -2.10. The first-order chi connectivity index (χ1) is 8.11. The fraction of sp³-hybridized carbons (Fsp3) is 0.385. The van der Waals surface area contributed by atoms with E-state index in [0.29, 0.717) is 5.75 Å². The molecule has 0 amide bonds. The Kier molecular flexibility index (Phi) is 5.49. The molecule has 0 saturated heterocycles. The molecule has 0 fully saturated rings. The van der Waals surface area contributed by atoms with Gasteiger partial charge in [0.1, 0.15) is 23.9 Å². The number of nitrogens with two attached hydrogens (primary N) is 1. The molecule has 0 bridgehead atoms. The van der Waals surface area contributed by atoms with Crippen LogP contribution >= 0.6 is 0 Å². The van der Waals surface area contributed by atoms with Crippen LogP contribution in [0.4, 0.5) is 4.39 Å². The van der Waals surface area contributed by atoms with Gasteiger partial charge in [-0.1, -0.05) is 0 Å². The Balaban J connectivity index is 2.48. The average molecular weight is 239 g/mol.